The predicted octanol–water partition coefficient (Wildman–Crippen LogP) is 2.18. The van der Waals surface area contributed by atoms with Crippen LogP contribution in [0, 0.1) is 6.92 Å². The van der Waals surface area contributed by atoms with E-state index in [1.165, 1.54) is 12.8 Å². The van der Waals surface area contributed by atoms with Gasteiger partial charge in [-0.05, 0) is 50.4 Å². The smallest absolute Gasteiger partial charge is 0.240 e. The Morgan fingerprint density at radius 1 is 1.32 bits per heavy atom. The number of rotatable bonds is 7. The van der Waals surface area contributed by atoms with Crippen molar-refractivity contribution in [2.75, 3.05) is 13.1 Å². The number of hydrogen-bond acceptors (Lipinski definition) is 3. The van der Waals surface area contributed by atoms with Gasteiger partial charge in [0.15, 0.2) is 0 Å². The SMILES string of the molecule is Cc1ccc(Br)cc1S(=O)(=O)NCCCNC1CC1. The maximum atomic E-state index is 12.2. The molecule has 2 rings (SSSR count). The fraction of sp³-hybridized carbons (Fsp3) is 0.538. The van der Waals surface area contributed by atoms with E-state index in [-0.39, 0.29) is 0 Å². The zero-order valence-corrected chi connectivity index (χ0v) is 13.4. The van der Waals surface area contributed by atoms with Crippen LogP contribution in [-0.4, -0.2) is 27.5 Å². The molecule has 1 aromatic rings. The second kappa shape index (κ2) is 6.35. The zero-order valence-electron chi connectivity index (χ0n) is 10.9. The van der Waals surface area contributed by atoms with Crippen molar-refractivity contribution in [2.45, 2.75) is 37.1 Å². The molecule has 1 aliphatic carbocycles. The highest BCUT2D eigenvalue weighted by Gasteiger charge is 2.20. The van der Waals surface area contributed by atoms with E-state index < -0.39 is 10.0 Å². The van der Waals surface area contributed by atoms with Crippen molar-refractivity contribution in [1.29, 1.82) is 0 Å². The lowest BCUT2D eigenvalue weighted by Crippen LogP contribution is -2.28. The van der Waals surface area contributed by atoms with Crippen molar-refractivity contribution in [3.05, 3.63) is 28.2 Å². The van der Waals surface area contributed by atoms with Crippen LogP contribution < -0.4 is 10.0 Å². The van der Waals surface area contributed by atoms with Gasteiger partial charge >= 0.3 is 0 Å². The summed E-state index contributed by atoms with van der Waals surface area (Å²) in [6.07, 6.45) is 3.31. The fourth-order valence-corrected chi connectivity index (χ4v) is 3.68. The minimum atomic E-state index is -3.41. The van der Waals surface area contributed by atoms with Crippen LogP contribution in [0.3, 0.4) is 0 Å². The van der Waals surface area contributed by atoms with Gasteiger partial charge in [0.05, 0.1) is 4.90 Å². The Kier molecular flexibility index (Phi) is 5.00. The number of halogens is 1. The van der Waals surface area contributed by atoms with E-state index in [1.807, 2.05) is 6.07 Å². The highest BCUT2D eigenvalue weighted by molar-refractivity contribution is 9.10. The minimum absolute atomic E-state index is 0.344. The molecule has 2 N–H and O–H groups in total. The van der Waals surface area contributed by atoms with Gasteiger partial charge in [0, 0.05) is 17.1 Å². The number of sulfonamides is 1. The lowest BCUT2D eigenvalue weighted by Gasteiger charge is -2.10. The molecule has 1 saturated carbocycles. The largest absolute Gasteiger partial charge is 0.314 e. The number of benzene rings is 1. The van der Waals surface area contributed by atoms with Gasteiger partial charge in [-0.3, -0.25) is 0 Å². The highest BCUT2D eigenvalue weighted by Crippen LogP contribution is 2.20. The first-order valence-corrected chi connectivity index (χ1v) is 8.76. The maximum absolute atomic E-state index is 12.2. The molecule has 4 nitrogen and oxygen atoms in total. The van der Waals surface area contributed by atoms with Crippen molar-refractivity contribution < 1.29 is 8.42 Å². The van der Waals surface area contributed by atoms with Crippen molar-refractivity contribution >= 4 is 26.0 Å². The number of aryl methyl sites for hydroxylation is 1. The predicted molar refractivity (Wildman–Crippen MR) is 79.7 cm³/mol. The van der Waals surface area contributed by atoms with Crippen LogP contribution in [0.4, 0.5) is 0 Å². The molecule has 19 heavy (non-hydrogen) atoms. The molecule has 0 saturated heterocycles. The molecule has 0 bridgehead atoms. The van der Waals surface area contributed by atoms with Gasteiger partial charge in [-0.15, -0.1) is 0 Å². The van der Waals surface area contributed by atoms with E-state index in [1.54, 1.807) is 19.1 Å². The summed E-state index contributed by atoms with van der Waals surface area (Å²) in [5.74, 6) is 0. The maximum Gasteiger partial charge on any atom is 0.240 e. The molecular formula is C13H19BrN2O2S. The van der Waals surface area contributed by atoms with E-state index >= 15 is 0 Å². The van der Waals surface area contributed by atoms with Gasteiger partial charge in [-0.1, -0.05) is 22.0 Å². The standard InChI is InChI=1S/C13H19BrN2O2S/c1-10-3-4-11(14)9-13(10)19(17,18)16-8-2-7-15-12-5-6-12/h3-4,9,12,15-16H,2,5-8H2,1H3. The monoisotopic (exact) mass is 346 g/mol. The Hall–Kier alpha value is -0.430. The summed E-state index contributed by atoms with van der Waals surface area (Å²) < 4.78 is 27.7. The molecule has 1 aromatic carbocycles. The third-order valence-corrected chi connectivity index (χ3v) is 5.19. The molecule has 0 aromatic heterocycles. The molecule has 0 radical (unpaired) electrons. The lowest BCUT2D eigenvalue weighted by atomic mass is 10.2. The average molecular weight is 347 g/mol. The first kappa shape index (κ1) is 15.0. The summed E-state index contributed by atoms with van der Waals surface area (Å²) in [7, 11) is -3.41. The summed E-state index contributed by atoms with van der Waals surface area (Å²) >= 11 is 3.30. The molecule has 0 amide bonds. The van der Waals surface area contributed by atoms with Gasteiger partial charge in [-0.2, -0.15) is 0 Å². The van der Waals surface area contributed by atoms with E-state index in [4.69, 9.17) is 0 Å². The Labute approximate surface area is 123 Å². The number of nitrogens with one attached hydrogen (secondary N) is 2. The van der Waals surface area contributed by atoms with Crippen molar-refractivity contribution in [2.24, 2.45) is 0 Å². The third kappa shape index (κ3) is 4.56. The van der Waals surface area contributed by atoms with Gasteiger partial charge in [0.25, 0.3) is 0 Å². The lowest BCUT2D eigenvalue weighted by molar-refractivity contribution is 0.572. The van der Waals surface area contributed by atoms with E-state index in [0.29, 0.717) is 17.5 Å². The summed E-state index contributed by atoms with van der Waals surface area (Å²) in [4.78, 5) is 0.344. The second-order valence-corrected chi connectivity index (χ2v) is 7.54. The topological polar surface area (TPSA) is 58.2 Å². The van der Waals surface area contributed by atoms with Crippen LogP contribution in [-0.2, 0) is 10.0 Å². The third-order valence-electron chi connectivity index (χ3n) is 3.10. The summed E-state index contributed by atoms with van der Waals surface area (Å²) in [5, 5.41) is 3.36. The zero-order chi connectivity index (χ0) is 13.9. The van der Waals surface area contributed by atoms with E-state index in [9.17, 15) is 8.42 Å². The fourth-order valence-electron chi connectivity index (χ4n) is 1.83. The summed E-state index contributed by atoms with van der Waals surface area (Å²) in [6.45, 7) is 3.13. The van der Waals surface area contributed by atoms with Crippen LogP contribution in [0.15, 0.2) is 27.6 Å². The van der Waals surface area contributed by atoms with Gasteiger partial charge in [0.1, 0.15) is 0 Å². The molecule has 0 aliphatic heterocycles. The normalized spacial score (nSPS) is 15.7. The minimum Gasteiger partial charge on any atom is -0.314 e. The summed E-state index contributed by atoms with van der Waals surface area (Å²) in [6, 6.07) is 5.95. The van der Waals surface area contributed by atoms with E-state index in [0.717, 1.165) is 23.0 Å². The molecule has 0 atom stereocenters. The van der Waals surface area contributed by atoms with Crippen molar-refractivity contribution in [1.82, 2.24) is 10.0 Å². The molecule has 0 spiro atoms. The van der Waals surface area contributed by atoms with Crippen LogP contribution in [0.5, 0.6) is 0 Å². The Morgan fingerprint density at radius 2 is 2.05 bits per heavy atom. The van der Waals surface area contributed by atoms with Gasteiger partial charge in [0.2, 0.25) is 10.0 Å². The Balaban J connectivity index is 1.87. The summed E-state index contributed by atoms with van der Waals surface area (Å²) in [5.41, 5.74) is 0.756. The van der Waals surface area contributed by atoms with Crippen LogP contribution in [0.1, 0.15) is 24.8 Å². The molecule has 0 heterocycles. The van der Waals surface area contributed by atoms with Gasteiger partial charge < -0.3 is 5.32 Å². The second-order valence-electron chi connectivity index (χ2n) is 4.89. The molecule has 1 aliphatic rings. The van der Waals surface area contributed by atoms with Crippen LogP contribution in [0.25, 0.3) is 0 Å². The van der Waals surface area contributed by atoms with Crippen LogP contribution in [0.2, 0.25) is 0 Å². The number of hydrogen-bond donors (Lipinski definition) is 2. The molecule has 0 unspecified atom stereocenters. The van der Waals surface area contributed by atoms with E-state index in [2.05, 4.69) is 26.0 Å². The molecule has 1 fully saturated rings. The van der Waals surface area contributed by atoms with Crippen molar-refractivity contribution in [3.8, 4) is 0 Å². The van der Waals surface area contributed by atoms with Gasteiger partial charge in [-0.25, -0.2) is 13.1 Å². The first-order chi connectivity index (χ1) is 8.99. The highest BCUT2D eigenvalue weighted by atomic mass is 79.9. The molecule has 6 heteroatoms. The average Bonchev–Trinajstić information content (AvgIpc) is 3.15. The van der Waals surface area contributed by atoms with Crippen molar-refractivity contribution in [3.63, 3.8) is 0 Å². The Bertz CT molecular complexity index is 542. The van der Waals surface area contributed by atoms with Crippen LogP contribution >= 0.6 is 15.9 Å². The first-order valence-electron chi connectivity index (χ1n) is 6.48. The Morgan fingerprint density at radius 3 is 2.74 bits per heavy atom. The quantitative estimate of drug-likeness (QED) is 0.744. The molecule has 106 valence electrons. The molecular weight excluding hydrogens is 328 g/mol.